The Morgan fingerprint density at radius 1 is 1.33 bits per heavy atom. The number of hydrazine groups is 1. The zero-order valence-corrected chi connectivity index (χ0v) is 13.8. The summed E-state index contributed by atoms with van der Waals surface area (Å²) in [5.41, 5.74) is 5.51. The van der Waals surface area contributed by atoms with Gasteiger partial charge in [0.05, 0.1) is 12.6 Å². The van der Waals surface area contributed by atoms with Gasteiger partial charge in [0, 0.05) is 17.5 Å². The van der Waals surface area contributed by atoms with Gasteiger partial charge in [0.1, 0.15) is 5.75 Å². The van der Waals surface area contributed by atoms with Gasteiger partial charge in [-0.1, -0.05) is 39.0 Å². The van der Waals surface area contributed by atoms with Crippen molar-refractivity contribution >= 4 is 0 Å². The van der Waals surface area contributed by atoms with Gasteiger partial charge in [0.15, 0.2) is 0 Å². The molecule has 0 aliphatic carbocycles. The van der Waals surface area contributed by atoms with E-state index < -0.39 is 0 Å². The number of ether oxygens (including phenoxy) is 1. The highest BCUT2D eigenvalue weighted by Crippen LogP contribution is 2.40. The van der Waals surface area contributed by atoms with Crippen LogP contribution in [0.1, 0.15) is 51.3 Å². The van der Waals surface area contributed by atoms with Gasteiger partial charge in [-0.05, 0) is 32.0 Å². The number of nitrogens with two attached hydrogens (primary N) is 1. The van der Waals surface area contributed by atoms with Gasteiger partial charge in [0.2, 0.25) is 0 Å². The number of likely N-dealkylation sites (N-methyl/N-ethyl adjacent to an activating group) is 1. The summed E-state index contributed by atoms with van der Waals surface area (Å²) in [5, 5.41) is 0. The Morgan fingerprint density at radius 2 is 2.05 bits per heavy atom. The number of rotatable bonds is 7. The fourth-order valence-corrected chi connectivity index (χ4v) is 3.63. The van der Waals surface area contributed by atoms with Gasteiger partial charge in [-0.3, -0.25) is 16.2 Å². The third-order valence-corrected chi connectivity index (χ3v) is 5.05. The maximum atomic E-state index is 5.98. The summed E-state index contributed by atoms with van der Waals surface area (Å²) in [6, 6.07) is 6.47. The van der Waals surface area contributed by atoms with Crippen LogP contribution in [-0.4, -0.2) is 30.1 Å². The summed E-state index contributed by atoms with van der Waals surface area (Å²) in [4.78, 5) is 2.48. The quantitative estimate of drug-likeness (QED) is 0.599. The SMILES string of the molecule is CCN(CC)C(C)(CC)C(NN)c1cccc2c1OCC2. The van der Waals surface area contributed by atoms with Crippen LogP contribution in [0.3, 0.4) is 0 Å². The maximum absolute atomic E-state index is 5.98. The second-order valence-corrected chi connectivity index (χ2v) is 5.92. The molecule has 0 saturated heterocycles. The summed E-state index contributed by atoms with van der Waals surface area (Å²) in [6.07, 6.45) is 2.02. The lowest BCUT2D eigenvalue weighted by molar-refractivity contribution is 0.0688. The Labute approximate surface area is 128 Å². The monoisotopic (exact) mass is 291 g/mol. The molecule has 0 saturated carbocycles. The molecule has 1 aromatic carbocycles. The van der Waals surface area contributed by atoms with E-state index in [-0.39, 0.29) is 11.6 Å². The molecule has 1 aliphatic heterocycles. The molecule has 2 unspecified atom stereocenters. The van der Waals surface area contributed by atoms with E-state index in [0.29, 0.717) is 0 Å². The van der Waals surface area contributed by atoms with Gasteiger partial charge >= 0.3 is 0 Å². The third kappa shape index (κ3) is 2.80. The Bertz CT molecular complexity index is 473. The number of benzene rings is 1. The van der Waals surface area contributed by atoms with E-state index in [1.807, 2.05) is 0 Å². The summed E-state index contributed by atoms with van der Waals surface area (Å²) in [6.45, 7) is 11.7. The molecule has 0 bridgehead atoms. The Hall–Kier alpha value is -1.10. The van der Waals surface area contributed by atoms with Crippen molar-refractivity contribution < 1.29 is 4.74 Å². The third-order valence-electron chi connectivity index (χ3n) is 5.05. The molecule has 0 aromatic heterocycles. The van der Waals surface area contributed by atoms with Gasteiger partial charge < -0.3 is 4.74 Å². The Kier molecular flexibility index (Phi) is 5.25. The van der Waals surface area contributed by atoms with E-state index in [0.717, 1.165) is 38.3 Å². The Balaban J connectivity index is 2.45. The number of fused-ring (bicyclic) bond motifs is 1. The molecule has 3 N–H and O–H groups in total. The van der Waals surface area contributed by atoms with Crippen LogP contribution in [0.25, 0.3) is 0 Å². The normalized spacial score (nSPS) is 18.2. The molecule has 1 heterocycles. The number of hydrogen-bond donors (Lipinski definition) is 2. The van der Waals surface area contributed by atoms with Gasteiger partial charge in [-0.2, -0.15) is 0 Å². The van der Waals surface area contributed by atoms with Crippen molar-refractivity contribution in [2.24, 2.45) is 5.84 Å². The molecule has 21 heavy (non-hydrogen) atoms. The molecule has 1 aliphatic rings. The summed E-state index contributed by atoms with van der Waals surface area (Å²) >= 11 is 0. The van der Waals surface area contributed by atoms with E-state index in [2.05, 4.69) is 56.2 Å². The minimum absolute atomic E-state index is 0.0423. The highest BCUT2D eigenvalue weighted by Gasteiger charge is 2.39. The first-order valence-electron chi connectivity index (χ1n) is 8.08. The lowest BCUT2D eigenvalue weighted by atomic mass is 9.82. The topological polar surface area (TPSA) is 50.5 Å². The van der Waals surface area contributed by atoms with Crippen molar-refractivity contribution in [3.05, 3.63) is 29.3 Å². The molecule has 2 rings (SSSR count). The molecule has 4 heteroatoms. The molecule has 0 fully saturated rings. The first kappa shape index (κ1) is 16.3. The van der Waals surface area contributed by atoms with Crippen molar-refractivity contribution in [1.29, 1.82) is 0 Å². The molecule has 0 radical (unpaired) electrons. The zero-order valence-electron chi connectivity index (χ0n) is 13.8. The molecule has 118 valence electrons. The molecule has 0 spiro atoms. The summed E-state index contributed by atoms with van der Waals surface area (Å²) in [5.74, 6) is 7.01. The van der Waals surface area contributed by atoms with Crippen LogP contribution < -0.4 is 16.0 Å². The van der Waals surface area contributed by atoms with E-state index in [1.165, 1.54) is 11.1 Å². The number of nitrogens with zero attached hydrogens (tertiary/aromatic N) is 1. The molecule has 4 nitrogen and oxygen atoms in total. The summed E-state index contributed by atoms with van der Waals surface area (Å²) < 4.78 is 5.88. The van der Waals surface area contributed by atoms with Crippen molar-refractivity contribution in [3.63, 3.8) is 0 Å². The average molecular weight is 291 g/mol. The molecule has 0 amide bonds. The van der Waals surface area contributed by atoms with E-state index in [9.17, 15) is 0 Å². The van der Waals surface area contributed by atoms with Crippen molar-refractivity contribution in [3.8, 4) is 5.75 Å². The van der Waals surface area contributed by atoms with E-state index in [4.69, 9.17) is 10.6 Å². The molecule has 1 aromatic rings. The lowest BCUT2D eigenvalue weighted by Gasteiger charge is -2.45. The fraction of sp³-hybridized carbons (Fsp3) is 0.647. The molecular formula is C17H29N3O. The van der Waals surface area contributed by atoms with E-state index >= 15 is 0 Å². The molecule has 2 atom stereocenters. The van der Waals surface area contributed by atoms with Crippen LogP contribution in [0.5, 0.6) is 5.75 Å². The summed E-state index contributed by atoms with van der Waals surface area (Å²) in [7, 11) is 0. The van der Waals surface area contributed by atoms with Crippen molar-refractivity contribution in [2.45, 2.75) is 52.1 Å². The highest BCUT2D eigenvalue weighted by molar-refractivity contribution is 5.46. The van der Waals surface area contributed by atoms with E-state index in [1.54, 1.807) is 0 Å². The standard InChI is InChI=1S/C17H29N3O/c1-5-17(4,20(6-2)7-3)16(19-18)14-10-8-9-13-11-12-21-15(13)14/h8-10,16,19H,5-7,11-12,18H2,1-4H3. The first-order chi connectivity index (χ1) is 10.1. The van der Waals surface area contributed by atoms with Crippen LogP contribution in [0.4, 0.5) is 0 Å². The predicted octanol–water partition coefficient (Wildman–Crippen LogP) is 2.64. The van der Waals surface area contributed by atoms with Crippen molar-refractivity contribution in [2.75, 3.05) is 19.7 Å². The molecular weight excluding hydrogens is 262 g/mol. The second kappa shape index (κ2) is 6.77. The fourth-order valence-electron chi connectivity index (χ4n) is 3.63. The Morgan fingerprint density at radius 3 is 2.62 bits per heavy atom. The minimum Gasteiger partial charge on any atom is -0.493 e. The van der Waals surface area contributed by atoms with Crippen LogP contribution in [0.2, 0.25) is 0 Å². The van der Waals surface area contributed by atoms with Crippen LogP contribution in [0, 0.1) is 0 Å². The lowest BCUT2D eigenvalue weighted by Crippen LogP contribution is -2.55. The number of hydrogen-bond acceptors (Lipinski definition) is 4. The van der Waals surface area contributed by atoms with Gasteiger partial charge in [-0.25, -0.2) is 0 Å². The first-order valence-corrected chi connectivity index (χ1v) is 8.08. The van der Waals surface area contributed by atoms with Crippen LogP contribution in [0.15, 0.2) is 18.2 Å². The predicted molar refractivity (Wildman–Crippen MR) is 87.3 cm³/mol. The smallest absolute Gasteiger partial charge is 0.127 e. The maximum Gasteiger partial charge on any atom is 0.127 e. The second-order valence-electron chi connectivity index (χ2n) is 5.92. The van der Waals surface area contributed by atoms with Gasteiger partial charge in [-0.15, -0.1) is 0 Å². The number of para-hydroxylation sites is 1. The average Bonchev–Trinajstić information content (AvgIpc) is 2.98. The van der Waals surface area contributed by atoms with Crippen molar-refractivity contribution in [1.82, 2.24) is 10.3 Å². The van der Waals surface area contributed by atoms with Crippen LogP contribution in [-0.2, 0) is 6.42 Å². The van der Waals surface area contributed by atoms with Gasteiger partial charge in [0.25, 0.3) is 0 Å². The van der Waals surface area contributed by atoms with Crippen LogP contribution >= 0.6 is 0 Å². The highest BCUT2D eigenvalue weighted by atomic mass is 16.5. The number of nitrogens with one attached hydrogen (secondary N) is 1. The minimum atomic E-state index is -0.0423. The zero-order chi connectivity index (χ0) is 15.5. The largest absolute Gasteiger partial charge is 0.493 e.